The summed E-state index contributed by atoms with van der Waals surface area (Å²) in [4.78, 5) is 53.0. The van der Waals surface area contributed by atoms with E-state index in [9.17, 15) is 14.0 Å². The highest BCUT2D eigenvalue weighted by atomic mass is 35.5. The SMILES string of the molecule is COc1ccc(-c2nc(NCc3ccc4c(c3)OCO4)ncc2C(=O)NCCOc2cccc(F)c2)c(OC)n1.COc1ccc(OCCNC(=O)c2cnc(NCc3cccc(Cl)c3)nc2-c2ccc(OC)nc2OC)cc1. The summed E-state index contributed by atoms with van der Waals surface area (Å²) in [6.45, 7) is 1.85. The monoisotopic (exact) mass is 1100 g/mol. The summed E-state index contributed by atoms with van der Waals surface area (Å²) in [6, 6.07) is 32.8. The van der Waals surface area contributed by atoms with E-state index in [4.69, 9.17) is 54.2 Å². The molecule has 0 bridgehead atoms. The summed E-state index contributed by atoms with van der Waals surface area (Å²) in [5.74, 6) is 3.72. The van der Waals surface area contributed by atoms with Crippen LogP contribution in [0, 0.1) is 5.82 Å². The molecule has 0 atom stereocenters. The third-order valence-electron chi connectivity index (χ3n) is 11.4. The number of carbonyl (C=O) groups excluding carboxylic acids is 2. The number of rotatable bonds is 23. The normalized spacial score (nSPS) is 11.0. The van der Waals surface area contributed by atoms with Crippen LogP contribution in [0.5, 0.6) is 52.3 Å². The molecule has 0 unspecified atom stereocenters. The van der Waals surface area contributed by atoms with Gasteiger partial charge in [-0.25, -0.2) is 24.3 Å². The van der Waals surface area contributed by atoms with Gasteiger partial charge in [-0.15, -0.1) is 0 Å². The second-order valence-corrected chi connectivity index (χ2v) is 17.0. The van der Waals surface area contributed by atoms with Gasteiger partial charge in [0.2, 0.25) is 42.2 Å². The second-order valence-electron chi connectivity index (χ2n) is 16.6. The lowest BCUT2D eigenvalue weighted by molar-refractivity contribution is 0.0939. The van der Waals surface area contributed by atoms with E-state index < -0.39 is 11.7 Å². The molecule has 1 aliphatic heterocycles. The minimum absolute atomic E-state index is 0.133. The molecule has 4 aromatic heterocycles. The van der Waals surface area contributed by atoms with Crippen molar-refractivity contribution >= 4 is 35.3 Å². The Hall–Kier alpha value is -9.70. The molecular formula is C56H54ClFN10O11. The molecule has 408 valence electrons. The van der Waals surface area contributed by atoms with Gasteiger partial charge in [-0.1, -0.05) is 35.9 Å². The Labute approximate surface area is 458 Å². The number of benzene rings is 4. The van der Waals surface area contributed by atoms with Crippen molar-refractivity contribution in [1.29, 1.82) is 0 Å². The summed E-state index contributed by atoms with van der Waals surface area (Å²) in [7, 11) is 7.56. The van der Waals surface area contributed by atoms with Gasteiger partial charge in [0.1, 0.15) is 36.3 Å². The third-order valence-corrected chi connectivity index (χ3v) is 11.7. The van der Waals surface area contributed by atoms with Crippen LogP contribution in [0.1, 0.15) is 31.8 Å². The van der Waals surface area contributed by atoms with Crippen molar-refractivity contribution in [3.8, 4) is 74.8 Å². The minimum Gasteiger partial charge on any atom is -0.497 e. The molecule has 0 saturated heterocycles. The molecule has 1 aliphatic rings. The molecule has 0 aliphatic carbocycles. The Kier molecular flexibility index (Phi) is 19.2. The highest BCUT2D eigenvalue weighted by Gasteiger charge is 2.23. The number of hydrogen-bond acceptors (Lipinski definition) is 19. The van der Waals surface area contributed by atoms with Crippen molar-refractivity contribution in [2.24, 2.45) is 0 Å². The molecule has 9 rings (SSSR count). The predicted octanol–water partition coefficient (Wildman–Crippen LogP) is 8.48. The van der Waals surface area contributed by atoms with E-state index in [0.717, 1.165) is 16.9 Å². The Morgan fingerprint density at radius 3 is 1.65 bits per heavy atom. The molecular weight excluding hydrogens is 1040 g/mol. The maximum atomic E-state index is 13.4. The highest BCUT2D eigenvalue weighted by molar-refractivity contribution is 6.30. The quantitative estimate of drug-likeness (QED) is 0.0439. The predicted molar refractivity (Wildman–Crippen MR) is 290 cm³/mol. The molecule has 0 spiro atoms. The van der Waals surface area contributed by atoms with E-state index in [1.54, 1.807) is 73.8 Å². The zero-order valence-electron chi connectivity index (χ0n) is 43.5. The van der Waals surface area contributed by atoms with E-state index in [0.29, 0.717) is 81.3 Å². The minimum atomic E-state index is -0.432. The molecule has 5 heterocycles. The van der Waals surface area contributed by atoms with Crippen molar-refractivity contribution in [2.45, 2.75) is 13.1 Å². The molecule has 23 heteroatoms. The van der Waals surface area contributed by atoms with E-state index in [1.807, 2.05) is 36.4 Å². The van der Waals surface area contributed by atoms with E-state index >= 15 is 0 Å². The topological polar surface area (TPSA) is 243 Å². The molecule has 2 amide bonds. The number of amides is 2. The van der Waals surface area contributed by atoms with Crippen molar-refractivity contribution < 1.29 is 56.6 Å². The second kappa shape index (κ2) is 27.4. The van der Waals surface area contributed by atoms with E-state index in [1.165, 1.54) is 53.0 Å². The molecule has 8 aromatic rings. The fourth-order valence-electron chi connectivity index (χ4n) is 7.57. The number of ether oxygens (including phenoxy) is 9. The van der Waals surface area contributed by atoms with Crippen LogP contribution in [0.25, 0.3) is 22.5 Å². The summed E-state index contributed by atoms with van der Waals surface area (Å²) in [5.41, 5.74) is 3.96. The molecule has 0 fully saturated rings. The third kappa shape index (κ3) is 15.0. The average Bonchev–Trinajstić information content (AvgIpc) is 4.02. The number of hydrogen-bond donors (Lipinski definition) is 4. The number of anilines is 2. The Balaban J connectivity index is 0.000000208. The number of fused-ring (bicyclic) bond motifs is 1. The van der Waals surface area contributed by atoms with Gasteiger partial charge in [0, 0.05) is 48.7 Å². The number of carbonyl (C=O) groups is 2. The Morgan fingerprint density at radius 1 is 0.557 bits per heavy atom. The molecule has 21 nitrogen and oxygen atoms in total. The fourth-order valence-corrected chi connectivity index (χ4v) is 7.78. The van der Waals surface area contributed by atoms with Gasteiger partial charge in [0.25, 0.3) is 11.8 Å². The maximum absolute atomic E-state index is 13.4. The van der Waals surface area contributed by atoms with Crippen molar-refractivity contribution in [3.63, 3.8) is 0 Å². The van der Waals surface area contributed by atoms with Gasteiger partial charge in [-0.05, 0) is 83.9 Å². The lowest BCUT2D eigenvalue weighted by Gasteiger charge is -2.14. The van der Waals surface area contributed by atoms with Crippen LogP contribution in [0.4, 0.5) is 16.3 Å². The molecule has 4 aromatic carbocycles. The Morgan fingerprint density at radius 2 is 1.10 bits per heavy atom. The van der Waals surface area contributed by atoms with Crippen LogP contribution in [-0.4, -0.2) is 110 Å². The van der Waals surface area contributed by atoms with Crippen LogP contribution in [0.3, 0.4) is 0 Å². The summed E-state index contributed by atoms with van der Waals surface area (Å²) >= 11 is 6.10. The summed E-state index contributed by atoms with van der Waals surface area (Å²) in [6.07, 6.45) is 2.89. The van der Waals surface area contributed by atoms with E-state index in [-0.39, 0.29) is 67.8 Å². The summed E-state index contributed by atoms with van der Waals surface area (Å²) < 4.78 is 61.9. The largest absolute Gasteiger partial charge is 0.497 e. The lowest BCUT2D eigenvalue weighted by atomic mass is 10.1. The van der Waals surface area contributed by atoms with Crippen LogP contribution in [0.15, 0.2) is 128 Å². The van der Waals surface area contributed by atoms with Crippen molar-refractivity contribution in [3.05, 3.63) is 161 Å². The lowest BCUT2D eigenvalue weighted by Crippen LogP contribution is -2.29. The first-order chi connectivity index (χ1) is 38.5. The number of methoxy groups -OCH3 is 5. The van der Waals surface area contributed by atoms with Crippen LogP contribution >= 0.6 is 11.6 Å². The van der Waals surface area contributed by atoms with Gasteiger partial charge < -0.3 is 63.9 Å². The number of pyridine rings is 2. The van der Waals surface area contributed by atoms with Gasteiger partial charge in [0.05, 0.1) is 82.3 Å². The standard InChI is InChI=1S/C28H28ClN5O5.C28H26FN5O6/c1-36-20-7-9-21(10-8-20)39-14-13-30-26(35)23-17-32-28(31-16-18-5-4-6-19(29)15-18)34-25(23)22-11-12-24(37-2)33-27(22)38-3;1-36-24-9-7-20(27(33-24)37-2)25-21(26(35)30-10-11-38-19-5-3-4-18(29)13-19)15-32-28(34-25)31-14-17-6-8-22-23(12-17)40-16-39-22/h4-12,15,17H,13-14,16H2,1-3H3,(H,30,35)(H,31,32,34);3-9,12-13,15H,10-11,14,16H2,1-2H3,(H,30,35)(H,31,32,34). The van der Waals surface area contributed by atoms with Crippen molar-refractivity contribution in [2.75, 3.05) is 79.3 Å². The molecule has 0 radical (unpaired) electrons. The number of aromatic nitrogens is 6. The molecule has 79 heavy (non-hydrogen) atoms. The molecule has 0 saturated carbocycles. The zero-order chi connectivity index (χ0) is 55.5. The van der Waals surface area contributed by atoms with E-state index in [2.05, 4.69) is 51.2 Å². The molecule has 4 N–H and O–H groups in total. The van der Waals surface area contributed by atoms with Gasteiger partial charge >= 0.3 is 0 Å². The zero-order valence-corrected chi connectivity index (χ0v) is 44.3. The number of nitrogens with zero attached hydrogens (tertiary/aromatic N) is 6. The number of nitrogens with one attached hydrogen (secondary N) is 4. The van der Waals surface area contributed by atoms with Crippen LogP contribution in [-0.2, 0) is 13.1 Å². The summed E-state index contributed by atoms with van der Waals surface area (Å²) in [5, 5.41) is 12.6. The first kappa shape index (κ1) is 55.5. The van der Waals surface area contributed by atoms with Gasteiger partial charge in [0.15, 0.2) is 11.5 Å². The smallest absolute Gasteiger partial charge is 0.255 e. The van der Waals surface area contributed by atoms with Crippen molar-refractivity contribution in [1.82, 2.24) is 40.5 Å². The average molecular weight is 1100 g/mol. The maximum Gasteiger partial charge on any atom is 0.255 e. The van der Waals surface area contributed by atoms with Crippen LogP contribution in [0.2, 0.25) is 5.02 Å². The van der Waals surface area contributed by atoms with Gasteiger partial charge in [-0.3, -0.25) is 9.59 Å². The first-order valence-corrected chi connectivity index (χ1v) is 24.7. The van der Waals surface area contributed by atoms with Gasteiger partial charge in [-0.2, -0.15) is 9.97 Å². The fraction of sp³-hybridized carbons (Fsp3) is 0.214. The number of halogens is 2. The first-order valence-electron chi connectivity index (χ1n) is 24.3. The van der Waals surface area contributed by atoms with Crippen LogP contribution < -0.4 is 63.9 Å². The highest BCUT2D eigenvalue weighted by Crippen LogP contribution is 2.35. The Bertz CT molecular complexity index is 3380.